The first-order chi connectivity index (χ1) is 8.59. The van der Waals surface area contributed by atoms with E-state index in [0.29, 0.717) is 10.8 Å². The van der Waals surface area contributed by atoms with Crippen LogP contribution in [0.25, 0.3) is 0 Å². The highest BCUT2D eigenvalue weighted by atomic mass is 35.5. The molecule has 0 aliphatic rings. The number of anilines is 1. The molecule has 1 unspecified atom stereocenters. The average molecular weight is 265 g/mol. The Morgan fingerprint density at radius 1 is 1.17 bits per heavy atom. The van der Waals surface area contributed by atoms with Crippen molar-refractivity contribution in [3.8, 4) is 0 Å². The van der Waals surface area contributed by atoms with Gasteiger partial charge in [0.1, 0.15) is 5.82 Å². The van der Waals surface area contributed by atoms with Crippen LogP contribution in [-0.4, -0.2) is 12.0 Å². The van der Waals surface area contributed by atoms with Crippen LogP contribution in [0.1, 0.15) is 18.5 Å². The van der Waals surface area contributed by atoms with E-state index in [4.69, 9.17) is 11.6 Å². The summed E-state index contributed by atoms with van der Waals surface area (Å²) in [6.45, 7) is 2.01. The van der Waals surface area contributed by atoms with Crippen LogP contribution < -0.4 is 4.90 Å². The molecule has 94 valence electrons. The van der Waals surface area contributed by atoms with Gasteiger partial charge in [-0.15, -0.1) is 0 Å². The third-order valence-electron chi connectivity index (χ3n) is 3.00. The number of nitrogens with zero attached hydrogens (tertiary/aromatic N) is 2. The monoisotopic (exact) mass is 264 g/mol. The predicted octanol–water partition coefficient (Wildman–Crippen LogP) is 4.07. The summed E-state index contributed by atoms with van der Waals surface area (Å²) in [5, 5.41) is 0.702. The Hall–Kier alpha value is -1.61. The fourth-order valence-electron chi connectivity index (χ4n) is 1.81. The molecule has 0 aliphatic heterocycles. The van der Waals surface area contributed by atoms with Gasteiger partial charge in [-0.1, -0.05) is 35.9 Å². The maximum atomic E-state index is 13.1. The van der Waals surface area contributed by atoms with Crippen molar-refractivity contribution in [2.24, 2.45) is 0 Å². The summed E-state index contributed by atoms with van der Waals surface area (Å²) >= 11 is 6.16. The zero-order valence-electron chi connectivity index (χ0n) is 10.3. The molecule has 4 heteroatoms. The summed E-state index contributed by atoms with van der Waals surface area (Å²) in [6.07, 6.45) is 0. The first-order valence-corrected chi connectivity index (χ1v) is 6.07. The highest BCUT2D eigenvalue weighted by molar-refractivity contribution is 6.31. The third-order valence-corrected chi connectivity index (χ3v) is 3.34. The van der Waals surface area contributed by atoms with Crippen LogP contribution in [-0.2, 0) is 0 Å². The second-order valence-electron chi connectivity index (χ2n) is 4.13. The second-order valence-corrected chi connectivity index (χ2v) is 4.53. The molecular formula is C14H14ClFN2. The number of rotatable bonds is 3. The molecule has 2 aromatic rings. The SMILES string of the molecule is CC(c1ccccc1Cl)N(C)c1cccc(F)n1. The second kappa shape index (κ2) is 5.36. The van der Waals surface area contributed by atoms with E-state index in [1.165, 1.54) is 6.07 Å². The summed E-state index contributed by atoms with van der Waals surface area (Å²) in [7, 11) is 1.87. The summed E-state index contributed by atoms with van der Waals surface area (Å²) in [6, 6.07) is 12.4. The summed E-state index contributed by atoms with van der Waals surface area (Å²) in [4.78, 5) is 5.76. The molecule has 1 heterocycles. The van der Waals surface area contributed by atoms with Crippen LogP contribution in [0, 0.1) is 5.95 Å². The van der Waals surface area contributed by atoms with Crippen molar-refractivity contribution in [1.29, 1.82) is 0 Å². The van der Waals surface area contributed by atoms with E-state index < -0.39 is 5.95 Å². The molecule has 1 aromatic carbocycles. The Morgan fingerprint density at radius 2 is 1.89 bits per heavy atom. The Bertz CT molecular complexity index is 545. The minimum Gasteiger partial charge on any atom is -0.353 e. The van der Waals surface area contributed by atoms with Gasteiger partial charge in [-0.3, -0.25) is 0 Å². The lowest BCUT2D eigenvalue weighted by Gasteiger charge is -2.26. The van der Waals surface area contributed by atoms with Gasteiger partial charge in [0.15, 0.2) is 0 Å². The number of halogens is 2. The van der Waals surface area contributed by atoms with E-state index in [1.807, 2.05) is 43.1 Å². The molecule has 2 rings (SSSR count). The van der Waals surface area contributed by atoms with E-state index in [-0.39, 0.29) is 6.04 Å². The molecule has 0 saturated carbocycles. The lowest BCUT2D eigenvalue weighted by molar-refractivity contribution is 0.579. The molecule has 2 nitrogen and oxygen atoms in total. The topological polar surface area (TPSA) is 16.1 Å². The molecule has 0 N–H and O–H groups in total. The Kier molecular flexibility index (Phi) is 3.82. The fraction of sp³-hybridized carbons (Fsp3) is 0.214. The lowest BCUT2D eigenvalue weighted by Crippen LogP contribution is -2.23. The number of aromatic nitrogens is 1. The summed E-state index contributed by atoms with van der Waals surface area (Å²) < 4.78 is 13.1. The number of hydrogen-bond acceptors (Lipinski definition) is 2. The molecule has 0 fully saturated rings. The molecule has 0 spiro atoms. The molecule has 0 saturated heterocycles. The van der Waals surface area contributed by atoms with Gasteiger partial charge in [0.05, 0.1) is 6.04 Å². The van der Waals surface area contributed by atoms with E-state index in [9.17, 15) is 4.39 Å². The van der Waals surface area contributed by atoms with E-state index >= 15 is 0 Å². The first kappa shape index (κ1) is 12.8. The van der Waals surface area contributed by atoms with Crippen molar-refractivity contribution in [2.45, 2.75) is 13.0 Å². The van der Waals surface area contributed by atoms with Crippen LogP contribution in [0.2, 0.25) is 5.02 Å². The molecule has 0 amide bonds. The highest BCUT2D eigenvalue weighted by Crippen LogP contribution is 2.28. The highest BCUT2D eigenvalue weighted by Gasteiger charge is 2.15. The zero-order valence-corrected chi connectivity index (χ0v) is 11.0. The average Bonchev–Trinajstić information content (AvgIpc) is 2.37. The van der Waals surface area contributed by atoms with Gasteiger partial charge in [0.25, 0.3) is 0 Å². The first-order valence-electron chi connectivity index (χ1n) is 5.69. The van der Waals surface area contributed by atoms with Gasteiger partial charge in [-0.05, 0) is 30.7 Å². The Balaban J connectivity index is 2.29. The maximum Gasteiger partial charge on any atom is 0.214 e. The Morgan fingerprint density at radius 3 is 2.56 bits per heavy atom. The number of benzene rings is 1. The molecule has 0 bridgehead atoms. The van der Waals surface area contributed by atoms with E-state index in [2.05, 4.69) is 4.98 Å². The van der Waals surface area contributed by atoms with Gasteiger partial charge in [-0.25, -0.2) is 4.98 Å². The number of pyridine rings is 1. The maximum absolute atomic E-state index is 13.1. The molecule has 1 aromatic heterocycles. The predicted molar refractivity (Wildman–Crippen MR) is 72.5 cm³/mol. The van der Waals surface area contributed by atoms with E-state index in [1.54, 1.807) is 12.1 Å². The fourth-order valence-corrected chi connectivity index (χ4v) is 2.11. The van der Waals surface area contributed by atoms with Gasteiger partial charge in [-0.2, -0.15) is 4.39 Å². The Labute approximate surface area is 111 Å². The van der Waals surface area contributed by atoms with Crippen molar-refractivity contribution in [2.75, 3.05) is 11.9 Å². The van der Waals surface area contributed by atoms with Gasteiger partial charge < -0.3 is 4.90 Å². The number of hydrogen-bond donors (Lipinski definition) is 0. The van der Waals surface area contributed by atoms with Crippen LogP contribution in [0.3, 0.4) is 0 Å². The van der Waals surface area contributed by atoms with Crippen molar-refractivity contribution < 1.29 is 4.39 Å². The van der Waals surface area contributed by atoms with Crippen molar-refractivity contribution >= 4 is 17.4 Å². The quantitative estimate of drug-likeness (QED) is 0.777. The smallest absolute Gasteiger partial charge is 0.214 e. The molecule has 1 atom stereocenters. The van der Waals surface area contributed by atoms with Crippen molar-refractivity contribution in [3.63, 3.8) is 0 Å². The molecular weight excluding hydrogens is 251 g/mol. The minimum absolute atomic E-state index is 0.0213. The molecule has 0 radical (unpaired) electrons. The van der Waals surface area contributed by atoms with Gasteiger partial charge in [0, 0.05) is 12.1 Å². The largest absolute Gasteiger partial charge is 0.353 e. The lowest BCUT2D eigenvalue weighted by atomic mass is 10.1. The molecule has 18 heavy (non-hydrogen) atoms. The third kappa shape index (κ3) is 2.62. The normalized spacial score (nSPS) is 12.2. The summed E-state index contributed by atoms with van der Waals surface area (Å²) in [5.74, 6) is 0.105. The van der Waals surface area contributed by atoms with Crippen molar-refractivity contribution in [3.05, 3.63) is 59.0 Å². The van der Waals surface area contributed by atoms with E-state index in [0.717, 1.165) is 5.56 Å². The summed E-state index contributed by atoms with van der Waals surface area (Å²) in [5.41, 5.74) is 0.993. The van der Waals surface area contributed by atoms with Gasteiger partial charge >= 0.3 is 0 Å². The minimum atomic E-state index is -0.481. The standard InChI is InChI=1S/C14H14ClFN2/c1-10(11-6-3-4-7-12(11)15)18(2)14-9-5-8-13(16)17-14/h3-10H,1-2H3. The molecule has 0 aliphatic carbocycles. The van der Waals surface area contributed by atoms with Gasteiger partial charge in [0.2, 0.25) is 5.95 Å². The van der Waals surface area contributed by atoms with Crippen LogP contribution in [0.5, 0.6) is 0 Å². The van der Waals surface area contributed by atoms with Crippen molar-refractivity contribution in [1.82, 2.24) is 4.98 Å². The van der Waals surface area contributed by atoms with Crippen LogP contribution in [0.15, 0.2) is 42.5 Å². The zero-order chi connectivity index (χ0) is 13.1. The van der Waals surface area contributed by atoms with Crippen LogP contribution in [0.4, 0.5) is 10.2 Å². The van der Waals surface area contributed by atoms with Crippen LogP contribution >= 0.6 is 11.6 Å².